The van der Waals surface area contributed by atoms with Crippen LogP contribution in [-0.4, -0.2) is 41.7 Å². The summed E-state index contributed by atoms with van der Waals surface area (Å²) in [6.07, 6.45) is 3.41. The van der Waals surface area contributed by atoms with E-state index in [9.17, 15) is 0 Å². The van der Waals surface area contributed by atoms with Gasteiger partial charge in [-0.05, 0) is 43.4 Å². The van der Waals surface area contributed by atoms with E-state index < -0.39 is 16.6 Å². The van der Waals surface area contributed by atoms with Crippen LogP contribution in [-0.2, 0) is 8.85 Å². The minimum atomic E-state index is -2.11. The summed E-state index contributed by atoms with van der Waals surface area (Å²) >= 11 is 0. The van der Waals surface area contributed by atoms with Crippen molar-refractivity contribution in [1.29, 1.82) is 0 Å². The quantitative estimate of drug-likeness (QED) is 0.422. The van der Waals surface area contributed by atoms with Gasteiger partial charge in [0.1, 0.15) is 0 Å². The molecular formula is C19H45NO2Si2. The number of rotatable bonds is 13. The topological polar surface area (TPSA) is 30.5 Å². The van der Waals surface area contributed by atoms with Crippen molar-refractivity contribution in [2.75, 3.05) is 19.4 Å². The van der Waals surface area contributed by atoms with Crippen LogP contribution in [0.5, 0.6) is 0 Å². The standard InChI is InChI=1S/C19H45NO2Si2/c1-11-14-19(20-15-23(10,21-12-2)22-13-3)24(16(4)5,17(6)7)18(8)9/h16-20H,11-15H2,1-10H3. The Hall–Kier alpha value is 0.314. The lowest BCUT2D eigenvalue weighted by atomic mass is 10.3. The van der Waals surface area contributed by atoms with Crippen molar-refractivity contribution < 1.29 is 8.85 Å². The van der Waals surface area contributed by atoms with Gasteiger partial charge in [0.2, 0.25) is 0 Å². The van der Waals surface area contributed by atoms with Crippen LogP contribution in [0.4, 0.5) is 0 Å². The minimum absolute atomic E-state index is 0.634. The summed E-state index contributed by atoms with van der Waals surface area (Å²) in [5.41, 5.74) is 2.95. The maximum absolute atomic E-state index is 6.06. The first-order valence-corrected chi connectivity index (χ1v) is 15.0. The molecule has 0 fully saturated rings. The Morgan fingerprint density at radius 3 is 1.50 bits per heavy atom. The van der Waals surface area contributed by atoms with Crippen molar-refractivity contribution >= 4 is 16.6 Å². The van der Waals surface area contributed by atoms with Crippen LogP contribution in [0.3, 0.4) is 0 Å². The summed E-state index contributed by atoms with van der Waals surface area (Å²) in [6.45, 7) is 24.9. The van der Waals surface area contributed by atoms with Crippen LogP contribution in [0, 0.1) is 0 Å². The summed E-state index contributed by atoms with van der Waals surface area (Å²) in [4.78, 5) is 0. The Kier molecular flexibility index (Phi) is 11.3. The maximum atomic E-state index is 6.06. The molecule has 0 heterocycles. The smallest absolute Gasteiger partial charge is 0.349 e. The highest BCUT2D eigenvalue weighted by Gasteiger charge is 2.49. The molecule has 0 saturated heterocycles. The third-order valence-electron chi connectivity index (χ3n) is 5.75. The summed E-state index contributed by atoms with van der Waals surface area (Å²) in [5.74, 6) is 0. The molecule has 24 heavy (non-hydrogen) atoms. The van der Waals surface area contributed by atoms with Crippen LogP contribution >= 0.6 is 0 Å². The first-order chi connectivity index (χ1) is 11.1. The number of hydrogen-bond donors (Lipinski definition) is 1. The Morgan fingerprint density at radius 2 is 1.21 bits per heavy atom. The highest BCUT2D eigenvalue weighted by atomic mass is 28.4. The highest BCUT2D eigenvalue weighted by molar-refractivity contribution is 6.85. The molecule has 146 valence electrons. The Bertz CT molecular complexity index is 308. The number of nitrogens with one attached hydrogen (secondary N) is 1. The van der Waals surface area contributed by atoms with Crippen LogP contribution in [0.2, 0.25) is 23.2 Å². The van der Waals surface area contributed by atoms with Crippen LogP contribution in [0.25, 0.3) is 0 Å². The average molecular weight is 376 g/mol. The number of hydrogen-bond acceptors (Lipinski definition) is 3. The minimum Gasteiger partial charge on any atom is -0.394 e. The molecule has 3 nitrogen and oxygen atoms in total. The molecular weight excluding hydrogens is 330 g/mol. The van der Waals surface area contributed by atoms with E-state index in [2.05, 4.69) is 74.2 Å². The lowest BCUT2D eigenvalue weighted by Gasteiger charge is -2.50. The van der Waals surface area contributed by atoms with Crippen LogP contribution < -0.4 is 5.32 Å². The van der Waals surface area contributed by atoms with Gasteiger partial charge in [-0.25, -0.2) is 0 Å². The van der Waals surface area contributed by atoms with Gasteiger partial charge in [-0.2, -0.15) is 0 Å². The average Bonchev–Trinajstić information content (AvgIpc) is 2.44. The monoisotopic (exact) mass is 375 g/mol. The van der Waals surface area contributed by atoms with Crippen molar-refractivity contribution in [3.63, 3.8) is 0 Å². The Balaban J connectivity index is 5.50. The van der Waals surface area contributed by atoms with E-state index in [4.69, 9.17) is 8.85 Å². The highest BCUT2D eigenvalue weighted by Crippen LogP contribution is 2.45. The van der Waals surface area contributed by atoms with Crippen LogP contribution in [0.15, 0.2) is 0 Å². The summed E-state index contributed by atoms with van der Waals surface area (Å²) < 4.78 is 12.1. The third-order valence-corrected chi connectivity index (χ3v) is 16.1. The SMILES string of the molecule is CCCC(NC[Si](C)(OCC)OCC)[Si](C(C)C)(C(C)C)C(C)C. The molecule has 0 aromatic heterocycles. The van der Waals surface area contributed by atoms with Gasteiger partial charge in [0.15, 0.2) is 0 Å². The third kappa shape index (κ3) is 5.94. The molecule has 1 unspecified atom stereocenters. The molecule has 1 N–H and O–H groups in total. The maximum Gasteiger partial charge on any atom is 0.349 e. The predicted molar refractivity (Wildman–Crippen MR) is 113 cm³/mol. The zero-order valence-electron chi connectivity index (χ0n) is 18.2. The normalized spacial score (nSPS) is 14.9. The van der Waals surface area contributed by atoms with Gasteiger partial charge in [-0.1, -0.05) is 54.9 Å². The molecule has 0 aromatic carbocycles. The van der Waals surface area contributed by atoms with E-state index in [1.54, 1.807) is 0 Å². The molecule has 0 amide bonds. The first-order valence-electron chi connectivity index (χ1n) is 10.1. The van der Waals surface area contributed by atoms with Gasteiger partial charge < -0.3 is 14.2 Å². The second-order valence-corrected chi connectivity index (χ2v) is 17.5. The fraction of sp³-hybridized carbons (Fsp3) is 1.00. The van der Waals surface area contributed by atoms with Gasteiger partial charge in [-0.15, -0.1) is 0 Å². The van der Waals surface area contributed by atoms with Gasteiger partial charge in [0.05, 0.1) is 8.07 Å². The molecule has 0 aliphatic heterocycles. The van der Waals surface area contributed by atoms with Gasteiger partial charge in [-0.3, -0.25) is 0 Å². The van der Waals surface area contributed by atoms with Crippen LogP contribution in [0.1, 0.15) is 75.2 Å². The van der Waals surface area contributed by atoms with E-state index in [1.165, 1.54) is 12.8 Å². The zero-order chi connectivity index (χ0) is 19.0. The molecule has 0 aromatic rings. The summed E-state index contributed by atoms with van der Waals surface area (Å²) in [6, 6.07) is 0. The molecule has 0 spiro atoms. The van der Waals surface area contributed by atoms with E-state index in [0.29, 0.717) is 5.67 Å². The zero-order valence-corrected chi connectivity index (χ0v) is 20.2. The molecule has 0 radical (unpaired) electrons. The lowest BCUT2D eigenvalue weighted by Crippen LogP contribution is -2.64. The molecule has 0 rings (SSSR count). The van der Waals surface area contributed by atoms with Crippen molar-refractivity contribution in [1.82, 2.24) is 5.32 Å². The van der Waals surface area contributed by atoms with Gasteiger partial charge in [0.25, 0.3) is 0 Å². The van der Waals surface area contributed by atoms with Gasteiger partial charge in [0, 0.05) is 25.0 Å². The van der Waals surface area contributed by atoms with Crippen molar-refractivity contribution in [3.8, 4) is 0 Å². The predicted octanol–water partition coefficient (Wildman–Crippen LogP) is 5.65. The lowest BCUT2D eigenvalue weighted by molar-refractivity contribution is 0.186. The van der Waals surface area contributed by atoms with Crippen molar-refractivity contribution in [3.05, 3.63) is 0 Å². The Morgan fingerprint density at radius 1 is 0.792 bits per heavy atom. The summed E-state index contributed by atoms with van der Waals surface area (Å²) in [7, 11) is -3.64. The van der Waals surface area contributed by atoms with Crippen molar-refractivity contribution in [2.24, 2.45) is 0 Å². The molecule has 0 saturated carbocycles. The molecule has 1 atom stereocenters. The summed E-state index contributed by atoms with van der Waals surface area (Å²) in [5, 5.41) is 3.99. The fourth-order valence-corrected chi connectivity index (χ4v) is 15.1. The largest absolute Gasteiger partial charge is 0.394 e. The van der Waals surface area contributed by atoms with E-state index in [-0.39, 0.29) is 0 Å². The molecule has 0 aliphatic carbocycles. The first kappa shape index (κ1) is 24.3. The second kappa shape index (κ2) is 11.1. The Labute approximate surface area is 154 Å². The van der Waals surface area contributed by atoms with Crippen molar-refractivity contribution in [2.45, 2.75) is 104 Å². The molecule has 0 aliphatic rings. The molecule has 5 heteroatoms. The second-order valence-electron chi connectivity index (χ2n) is 8.19. The van der Waals surface area contributed by atoms with E-state index in [1.807, 2.05) is 0 Å². The van der Waals surface area contributed by atoms with E-state index >= 15 is 0 Å². The van der Waals surface area contributed by atoms with Gasteiger partial charge >= 0.3 is 8.56 Å². The fourth-order valence-electron chi connectivity index (χ4n) is 5.09. The molecule has 0 bridgehead atoms. The van der Waals surface area contributed by atoms with E-state index in [0.717, 1.165) is 36.0 Å².